The van der Waals surface area contributed by atoms with Crippen LogP contribution in [0.4, 0.5) is 0 Å². The van der Waals surface area contributed by atoms with E-state index in [4.69, 9.17) is 5.73 Å². The van der Waals surface area contributed by atoms with Gasteiger partial charge in [0.05, 0.1) is 0 Å². The van der Waals surface area contributed by atoms with Gasteiger partial charge in [0.2, 0.25) is 0 Å². The molecule has 2 nitrogen and oxygen atoms in total. The Bertz CT molecular complexity index is 457. The van der Waals surface area contributed by atoms with Crippen LogP contribution in [0.25, 0.3) is 0 Å². The van der Waals surface area contributed by atoms with E-state index in [9.17, 15) is 0 Å². The maximum atomic E-state index is 5.51. The Morgan fingerprint density at radius 3 is 2.38 bits per heavy atom. The summed E-state index contributed by atoms with van der Waals surface area (Å²) < 4.78 is 0. The minimum absolute atomic E-state index is 0.575. The summed E-state index contributed by atoms with van der Waals surface area (Å²) in [6.07, 6.45) is 11.8. The molecule has 3 unspecified atom stereocenters. The maximum Gasteiger partial charge on any atom is 0.0264 e. The molecule has 0 bridgehead atoms. The van der Waals surface area contributed by atoms with Crippen molar-refractivity contribution >= 4 is 0 Å². The molecule has 0 aliphatic rings. The van der Waals surface area contributed by atoms with Crippen LogP contribution < -0.4 is 11.1 Å². The van der Waals surface area contributed by atoms with Gasteiger partial charge >= 0.3 is 0 Å². The van der Waals surface area contributed by atoms with Crippen molar-refractivity contribution in [3.8, 4) is 0 Å². The first-order chi connectivity index (χ1) is 11.4. The lowest BCUT2D eigenvalue weighted by Crippen LogP contribution is -2.17. The SMILES string of the molecule is C=C/C(=C/NCCN)C(=C)/C(C)=C/C(CC)CCC(C)C(C)C=C. The molecule has 0 amide bonds. The molecule has 24 heavy (non-hydrogen) atoms. The third-order valence-electron chi connectivity index (χ3n) is 4.86. The minimum Gasteiger partial charge on any atom is -0.389 e. The smallest absolute Gasteiger partial charge is 0.0264 e. The van der Waals surface area contributed by atoms with Crippen molar-refractivity contribution in [2.45, 2.75) is 47.0 Å². The lowest BCUT2D eigenvalue weighted by molar-refractivity contribution is 0.384. The van der Waals surface area contributed by atoms with E-state index in [2.05, 4.69) is 64.9 Å². The molecule has 0 rings (SSSR count). The molecule has 0 aliphatic carbocycles. The Labute approximate surface area is 150 Å². The summed E-state index contributed by atoms with van der Waals surface area (Å²) in [6.45, 7) is 22.4. The second-order valence-corrected chi connectivity index (χ2v) is 6.69. The van der Waals surface area contributed by atoms with Gasteiger partial charge in [0.25, 0.3) is 0 Å². The van der Waals surface area contributed by atoms with Crippen LogP contribution in [0.5, 0.6) is 0 Å². The molecule has 0 aromatic carbocycles. The van der Waals surface area contributed by atoms with E-state index in [0.29, 0.717) is 24.3 Å². The Hall–Kier alpha value is -1.54. The third-order valence-corrected chi connectivity index (χ3v) is 4.86. The van der Waals surface area contributed by atoms with Gasteiger partial charge in [0, 0.05) is 19.3 Å². The molecule has 3 atom stereocenters. The average Bonchev–Trinajstić information content (AvgIpc) is 2.60. The lowest BCUT2D eigenvalue weighted by atomic mass is 9.86. The number of allylic oxidation sites excluding steroid dienone is 6. The normalized spacial score (nSPS) is 16.2. The topological polar surface area (TPSA) is 38.0 Å². The molecule has 0 saturated heterocycles. The molecule has 0 saturated carbocycles. The largest absolute Gasteiger partial charge is 0.389 e. The first kappa shape index (κ1) is 22.5. The van der Waals surface area contributed by atoms with Gasteiger partial charge in [-0.3, -0.25) is 0 Å². The molecule has 0 aliphatic heterocycles. The molecule has 3 N–H and O–H groups in total. The molecule has 0 fully saturated rings. The highest BCUT2D eigenvalue weighted by atomic mass is 14.8. The van der Waals surface area contributed by atoms with Gasteiger partial charge in [-0.05, 0) is 60.7 Å². The van der Waals surface area contributed by atoms with E-state index < -0.39 is 0 Å². The molecule has 2 heteroatoms. The van der Waals surface area contributed by atoms with E-state index in [1.54, 1.807) is 0 Å². The lowest BCUT2D eigenvalue weighted by Gasteiger charge is -2.19. The second kappa shape index (κ2) is 12.8. The van der Waals surface area contributed by atoms with Gasteiger partial charge in [-0.2, -0.15) is 0 Å². The molecule has 0 aromatic heterocycles. The Morgan fingerprint density at radius 2 is 1.88 bits per heavy atom. The van der Waals surface area contributed by atoms with Crippen LogP contribution in [0.15, 0.2) is 60.9 Å². The van der Waals surface area contributed by atoms with Crippen LogP contribution in [-0.4, -0.2) is 13.1 Å². The van der Waals surface area contributed by atoms with Gasteiger partial charge < -0.3 is 11.1 Å². The zero-order chi connectivity index (χ0) is 18.5. The number of nitrogens with two attached hydrogens (primary N) is 1. The van der Waals surface area contributed by atoms with Crippen LogP contribution >= 0.6 is 0 Å². The van der Waals surface area contributed by atoms with Crippen LogP contribution in [0, 0.1) is 17.8 Å². The summed E-state index contributed by atoms with van der Waals surface area (Å²) in [5.41, 5.74) is 8.79. The van der Waals surface area contributed by atoms with E-state index >= 15 is 0 Å². The summed E-state index contributed by atoms with van der Waals surface area (Å²) in [5, 5.41) is 3.19. The van der Waals surface area contributed by atoms with E-state index in [1.807, 2.05) is 12.3 Å². The highest BCUT2D eigenvalue weighted by Gasteiger charge is 2.12. The monoisotopic (exact) mass is 330 g/mol. The zero-order valence-electron chi connectivity index (χ0n) is 16.3. The highest BCUT2D eigenvalue weighted by molar-refractivity contribution is 5.48. The number of hydrogen-bond donors (Lipinski definition) is 2. The Morgan fingerprint density at radius 1 is 1.21 bits per heavy atom. The van der Waals surface area contributed by atoms with Crippen LogP contribution in [-0.2, 0) is 0 Å². The summed E-state index contributed by atoms with van der Waals surface area (Å²) in [6, 6.07) is 0. The van der Waals surface area contributed by atoms with Crippen molar-refractivity contribution in [2.75, 3.05) is 13.1 Å². The van der Waals surface area contributed by atoms with Crippen molar-refractivity contribution in [1.29, 1.82) is 0 Å². The second-order valence-electron chi connectivity index (χ2n) is 6.69. The van der Waals surface area contributed by atoms with E-state index in [1.165, 1.54) is 18.4 Å². The minimum atomic E-state index is 0.575. The zero-order valence-corrected chi connectivity index (χ0v) is 16.3. The fraction of sp³-hybridized carbons (Fsp3) is 0.545. The molecule has 0 spiro atoms. The summed E-state index contributed by atoms with van der Waals surface area (Å²) in [5.74, 6) is 1.84. The van der Waals surface area contributed by atoms with Crippen LogP contribution in [0.3, 0.4) is 0 Å². The summed E-state index contributed by atoms with van der Waals surface area (Å²) in [7, 11) is 0. The number of nitrogens with one attached hydrogen (secondary N) is 1. The fourth-order valence-corrected chi connectivity index (χ4v) is 2.59. The molecule has 0 aromatic rings. The number of rotatable bonds is 13. The maximum absolute atomic E-state index is 5.51. The van der Waals surface area contributed by atoms with Gasteiger partial charge in [-0.25, -0.2) is 0 Å². The van der Waals surface area contributed by atoms with E-state index in [0.717, 1.165) is 24.1 Å². The van der Waals surface area contributed by atoms with Gasteiger partial charge in [-0.1, -0.05) is 52.2 Å². The first-order valence-electron chi connectivity index (χ1n) is 9.17. The van der Waals surface area contributed by atoms with Crippen LogP contribution in [0.1, 0.15) is 47.0 Å². The fourth-order valence-electron chi connectivity index (χ4n) is 2.59. The number of hydrogen-bond acceptors (Lipinski definition) is 2. The summed E-state index contributed by atoms with van der Waals surface area (Å²) in [4.78, 5) is 0. The predicted octanol–water partition coefficient (Wildman–Crippen LogP) is 5.37. The van der Waals surface area contributed by atoms with Crippen molar-refractivity contribution in [1.82, 2.24) is 5.32 Å². The quantitative estimate of drug-likeness (QED) is 0.270. The predicted molar refractivity (Wildman–Crippen MR) is 110 cm³/mol. The molecule has 0 radical (unpaired) electrons. The standard InChI is InChI=1S/C22H38N2/c1-8-17(4)18(5)11-12-21(9-2)15-19(6)20(7)22(10-3)16-24-14-13-23/h8,10,15-18,21,24H,1,3,7,9,11-14,23H2,2,4-6H3/b19-15+,22-16-. The van der Waals surface area contributed by atoms with Crippen molar-refractivity contribution in [3.63, 3.8) is 0 Å². The molecular weight excluding hydrogens is 292 g/mol. The molecule has 0 heterocycles. The van der Waals surface area contributed by atoms with Crippen molar-refractivity contribution < 1.29 is 0 Å². The van der Waals surface area contributed by atoms with Gasteiger partial charge in [-0.15, -0.1) is 6.58 Å². The summed E-state index contributed by atoms with van der Waals surface area (Å²) >= 11 is 0. The first-order valence-corrected chi connectivity index (χ1v) is 9.17. The van der Waals surface area contributed by atoms with E-state index in [-0.39, 0.29) is 0 Å². The van der Waals surface area contributed by atoms with Gasteiger partial charge in [0.15, 0.2) is 0 Å². The highest BCUT2D eigenvalue weighted by Crippen LogP contribution is 2.26. The Kier molecular flexibility index (Phi) is 12.0. The van der Waals surface area contributed by atoms with Crippen molar-refractivity contribution in [2.24, 2.45) is 23.5 Å². The molecular formula is C22H38N2. The van der Waals surface area contributed by atoms with Gasteiger partial charge in [0.1, 0.15) is 0 Å². The average molecular weight is 331 g/mol. The Balaban J connectivity index is 4.85. The molecule has 136 valence electrons. The van der Waals surface area contributed by atoms with Crippen molar-refractivity contribution in [3.05, 3.63) is 60.9 Å². The third kappa shape index (κ3) is 8.35. The van der Waals surface area contributed by atoms with Crippen LogP contribution in [0.2, 0.25) is 0 Å².